The number of nitrogens with one attached hydrogen (secondary N) is 2. The summed E-state index contributed by atoms with van der Waals surface area (Å²) in [5, 5.41) is 4.82. The Kier molecular flexibility index (Phi) is 5.10. The van der Waals surface area contributed by atoms with E-state index in [0.717, 1.165) is 25.9 Å². The minimum absolute atomic E-state index is 0.220. The zero-order valence-corrected chi connectivity index (χ0v) is 9.21. The number of urea groups is 1. The molecule has 5 heteroatoms. The number of nitrogens with zero attached hydrogens (tertiary/aromatic N) is 1. The van der Waals surface area contributed by atoms with E-state index in [9.17, 15) is 9.59 Å². The Morgan fingerprint density at radius 3 is 2.47 bits per heavy atom. The zero-order valence-electron chi connectivity index (χ0n) is 9.21. The number of piperidine rings is 1. The van der Waals surface area contributed by atoms with E-state index in [1.54, 1.807) is 0 Å². The smallest absolute Gasteiger partial charge is 0.321 e. The number of rotatable bonds is 3. The lowest BCUT2D eigenvalue weighted by Gasteiger charge is -2.25. The molecule has 3 amide bonds. The van der Waals surface area contributed by atoms with Gasteiger partial charge in [-0.3, -0.25) is 15.0 Å². The first-order valence-corrected chi connectivity index (χ1v) is 5.52. The third kappa shape index (κ3) is 4.78. The Labute approximate surface area is 90.2 Å². The van der Waals surface area contributed by atoms with Crippen LogP contribution in [-0.4, -0.2) is 43.0 Å². The molecule has 15 heavy (non-hydrogen) atoms. The van der Waals surface area contributed by atoms with Crippen molar-refractivity contribution in [3.05, 3.63) is 0 Å². The molecule has 0 radical (unpaired) electrons. The summed E-state index contributed by atoms with van der Waals surface area (Å²) in [6.45, 7) is 4.60. The first-order valence-electron chi connectivity index (χ1n) is 5.52. The van der Waals surface area contributed by atoms with Crippen LogP contribution in [0.4, 0.5) is 4.79 Å². The lowest BCUT2D eigenvalue weighted by Crippen LogP contribution is -2.45. The summed E-state index contributed by atoms with van der Waals surface area (Å²) in [6, 6.07) is -0.403. The fourth-order valence-corrected chi connectivity index (χ4v) is 1.69. The molecular formula is C10H19N3O2. The summed E-state index contributed by atoms with van der Waals surface area (Å²) in [4.78, 5) is 24.5. The molecule has 1 rings (SSSR count). The Morgan fingerprint density at radius 2 is 1.87 bits per heavy atom. The number of hydrogen-bond acceptors (Lipinski definition) is 3. The van der Waals surface area contributed by atoms with E-state index in [2.05, 4.69) is 15.5 Å². The van der Waals surface area contributed by atoms with E-state index >= 15 is 0 Å². The summed E-state index contributed by atoms with van der Waals surface area (Å²) in [5.74, 6) is -0.220. The number of carbonyl (C=O) groups excluding carboxylic acids is 2. The van der Waals surface area contributed by atoms with Gasteiger partial charge < -0.3 is 5.32 Å². The monoisotopic (exact) mass is 213 g/mol. The second-order valence-electron chi connectivity index (χ2n) is 3.74. The van der Waals surface area contributed by atoms with Gasteiger partial charge in [-0.25, -0.2) is 4.79 Å². The molecule has 0 saturated carbocycles. The number of amides is 3. The van der Waals surface area contributed by atoms with Crippen molar-refractivity contribution in [2.24, 2.45) is 0 Å². The molecule has 0 bridgehead atoms. The highest BCUT2D eigenvalue weighted by Crippen LogP contribution is 2.07. The standard InChI is InChI=1S/C10H19N3O2/c1-2-11-10(15)12-9(14)8-13-6-4-3-5-7-13/h2-8H2,1H3,(H2,11,12,14,15). The SMILES string of the molecule is CCNC(=O)NC(=O)CN1CCCCC1. The van der Waals surface area contributed by atoms with Crippen LogP contribution >= 0.6 is 0 Å². The number of likely N-dealkylation sites (tertiary alicyclic amines) is 1. The maximum Gasteiger partial charge on any atom is 0.321 e. The van der Waals surface area contributed by atoms with Gasteiger partial charge in [-0.2, -0.15) is 0 Å². The van der Waals surface area contributed by atoms with Crippen LogP contribution in [0, 0.1) is 0 Å². The molecule has 1 aliphatic heterocycles. The minimum atomic E-state index is -0.403. The Morgan fingerprint density at radius 1 is 1.20 bits per heavy atom. The summed E-state index contributed by atoms with van der Waals surface area (Å²) < 4.78 is 0. The van der Waals surface area contributed by atoms with E-state index in [1.165, 1.54) is 6.42 Å². The van der Waals surface area contributed by atoms with Crippen molar-refractivity contribution in [1.29, 1.82) is 0 Å². The van der Waals surface area contributed by atoms with E-state index in [-0.39, 0.29) is 5.91 Å². The Balaban J connectivity index is 2.19. The second-order valence-corrected chi connectivity index (χ2v) is 3.74. The van der Waals surface area contributed by atoms with Crippen LogP contribution in [0.15, 0.2) is 0 Å². The molecule has 2 N–H and O–H groups in total. The van der Waals surface area contributed by atoms with Crippen LogP contribution < -0.4 is 10.6 Å². The predicted octanol–water partition coefficient (Wildman–Crippen LogP) is 0.318. The average molecular weight is 213 g/mol. The van der Waals surface area contributed by atoms with Crippen molar-refractivity contribution in [2.45, 2.75) is 26.2 Å². The Hall–Kier alpha value is -1.10. The van der Waals surface area contributed by atoms with Crippen molar-refractivity contribution in [2.75, 3.05) is 26.2 Å². The van der Waals surface area contributed by atoms with Gasteiger partial charge in [-0.1, -0.05) is 6.42 Å². The zero-order chi connectivity index (χ0) is 11.1. The van der Waals surface area contributed by atoms with Crippen LogP contribution in [0.3, 0.4) is 0 Å². The molecule has 86 valence electrons. The minimum Gasteiger partial charge on any atom is -0.338 e. The van der Waals surface area contributed by atoms with Crippen molar-refractivity contribution in [1.82, 2.24) is 15.5 Å². The molecule has 1 saturated heterocycles. The maximum absolute atomic E-state index is 11.4. The van der Waals surface area contributed by atoms with Crippen LogP contribution in [-0.2, 0) is 4.79 Å². The fraction of sp³-hybridized carbons (Fsp3) is 0.800. The molecule has 0 aromatic rings. The summed E-state index contributed by atoms with van der Waals surface area (Å²) >= 11 is 0. The Bertz CT molecular complexity index is 225. The van der Waals surface area contributed by atoms with Gasteiger partial charge in [0.15, 0.2) is 0 Å². The molecule has 1 heterocycles. The molecule has 5 nitrogen and oxygen atoms in total. The maximum atomic E-state index is 11.4. The van der Waals surface area contributed by atoms with Crippen LogP contribution in [0.5, 0.6) is 0 Å². The van der Waals surface area contributed by atoms with Crippen molar-refractivity contribution in [3.8, 4) is 0 Å². The summed E-state index contributed by atoms with van der Waals surface area (Å²) in [5.41, 5.74) is 0. The molecule has 0 atom stereocenters. The van der Waals surface area contributed by atoms with Gasteiger partial charge in [0.25, 0.3) is 0 Å². The fourth-order valence-electron chi connectivity index (χ4n) is 1.69. The van der Waals surface area contributed by atoms with Crippen molar-refractivity contribution >= 4 is 11.9 Å². The normalized spacial score (nSPS) is 17.1. The topological polar surface area (TPSA) is 61.4 Å². The van der Waals surface area contributed by atoms with Crippen LogP contribution in [0.25, 0.3) is 0 Å². The summed E-state index contributed by atoms with van der Waals surface area (Å²) in [7, 11) is 0. The van der Waals surface area contributed by atoms with Crippen molar-refractivity contribution in [3.63, 3.8) is 0 Å². The molecule has 0 spiro atoms. The highest BCUT2D eigenvalue weighted by molar-refractivity contribution is 5.95. The molecule has 0 aromatic heterocycles. The van der Waals surface area contributed by atoms with E-state index < -0.39 is 6.03 Å². The molecule has 1 aliphatic rings. The average Bonchev–Trinajstić information content (AvgIpc) is 2.19. The molecule has 0 aliphatic carbocycles. The summed E-state index contributed by atoms with van der Waals surface area (Å²) in [6.07, 6.45) is 3.54. The predicted molar refractivity (Wildman–Crippen MR) is 57.5 cm³/mol. The molecule has 0 aromatic carbocycles. The number of hydrogen-bond donors (Lipinski definition) is 2. The largest absolute Gasteiger partial charge is 0.338 e. The highest BCUT2D eigenvalue weighted by Gasteiger charge is 2.14. The van der Waals surface area contributed by atoms with E-state index in [4.69, 9.17) is 0 Å². The van der Waals surface area contributed by atoms with Gasteiger partial charge in [0.2, 0.25) is 5.91 Å². The molecule has 0 unspecified atom stereocenters. The first kappa shape index (κ1) is 12.0. The molecular weight excluding hydrogens is 194 g/mol. The second kappa shape index (κ2) is 6.40. The van der Waals surface area contributed by atoms with Gasteiger partial charge >= 0.3 is 6.03 Å². The third-order valence-electron chi connectivity index (χ3n) is 2.41. The van der Waals surface area contributed by atoms with E-state index in [1.807, 2.05) is 6.92 Å². The van der Waals surface area contributed by atoms with Crippen molar-refractivity contribution < 1.29 is 9.59 Å². The highest BCUT2D eigenvalue weighted by atomic mass is 16.2. The van der Waals surface area contributed by atoms with Gasteiger partial charge in [0.1, 0.15) is 0 Å². The quantitative estimate of drug-likeness (QED) is 0.709. The number of imide groups is 1. The third-order valence-corrected chi connectivity index (χ3v) is 2.41. The van der Waals surface area contributed by atoms with Gasteiger partial charge in [0, 0.05) is 6.54 Å². The number of carbonyl (C=O) groups is 2. The lowest BCUT2D eigenvalue weighted by molar-refractivity contribution is -0.121. The first-order chi connectivity index (χ1) is 7.22. The van der Waals surface area contributed by atoms with Crippen LogP contribution in [0.1, 0.15) is 26.2 Å². The van der Waals surface area contributed by atoms with Gasteiger partial charge in [-0.05, 0) is 32.9 Å². The lowest BCUT2D eigenvalue weighted by atomic mass is 10.1. The molecule has 1 fully saturated rings. The van der Waals surface area contributed by atoms with Gasteiger partial charge in [-0.15, -0.1) is 0 Å². The van der Waals surface area contributed by atoms with Gasteiger partial charge in [0.05, 0.1) is 6.54 Å². The van der Waals surface area contributed by atoms with Crippen LogP contribution in [0.2, 0.25) is 0 Å². The van der Waals surface area contributed by atoms with E-state index in [0.29, 0.717) is 13.1 Å².